The molecule has 9 heavy (non-hydrogen) atoms. The Labute approximate surface area is 54.5 Å². The van der Waals surface area contributed by atoms with E-state index in [0.717, 1.165) is 0 Å². The molecule has 0 unspecified atom stereocenters. The number of rotatable bonds is 3. The lowest BCUT2D eigenvalue weighted by atomic mass is 10.6. The third kappa shape index (κ3) is 3.69. The number of nitrogens with one attached hydrogen (secondary N) is 2. The fourth-order valence-electron chi connectivity index (χ4n) is 0.267. The predicted octanol–water partition coefficient (Wildman–Crippen LogP) is -0.730. The average molecular weight is 129 g/mol. The fraction of sp³-hybridized carbons (Fsp3) is 0.400. The summed E-state index contributed by atoms with van der Waals surface area (Å²) in [6.07, 6.45) is 1.20. The van der Waals surface area contributed by atoms with Gasteiger partial charge in [-0.25, -0.2) is 5.43 Å². The highest BCUT2D eigenvalue weighted by molar-refractivity contribution is 5.86. The van der Waals surface area contributed by atoms with Gasteiger partial charge in [-0.15, -0.1) is 0 Å². The van der Waals surface area contributed by atoms with Crippen LogP contribution in [0.4, 0.5) is 0 Å². The van der Waals surface area contributed by atoms with Crippen molar-refractivity contribution in [3.8, 4) is 0 Å². The molecule has 0 aliphatic heterocycles. The molecule has 0 atom stereocenters. The molecule has 0 saturated carbocycles. The van der Waals surface area contributed by atoms with Crippen LogP contribution in [0.3, 0.4) is 0 Å². The van der Waals surface area contributed by atoms with Crippen LogP contribution in [-0.4, -0.2) is 25.1 Å². The molecule has 0 bridgehead atoms. The van der Waals surface area contributed by atoms with Gasteiger partial charge in [-0.2, -0.15) is 5.12 Å². The van der Waals surface area contributed by atoms with E-state index in [2.05, 4.69) is 17.4 Å². The molecule has 0 saturated heterocycles. The maximum absolute atomic E-state index is 10.5. The minimum Gasteiger partial charge on any atom is -0.272 e. The minimum atomic E-state index is -0.230. The monoisotopic (exact) mass is 129 g/mol. The highest BCUT2D eigenvalue weighted by Gasteiger charge is 1.94. The van der Waals surface area contributed by atoms with Gasteiger partial charge in [0.05, 0.1) is 0 Å². The lowest BCUT2D eigenvalue weighted by molar-refractivity contribution is -0.121. The standard InChI is InChI=1S/C5H11N3O/c1-4-5(9)7-8(3)6-2/h4,6H,1H2,2-3H3,(H,7,9). The molecule has 0 aromatic carbocycles. The van der Waals surface area contributed by atoms with Gasteiger partial charge in [0.1, 0.15) is 0 Å². The number of hydrogen-bond acceptors (Lipinski definition) is 3. The predicted molar refractivity (Wildman–Crippen MR) is 35.2 cm³/mol. The van der Waals surface area contributed by atoms with Crippen LogP contribution in [0.2, 0.25) is 0 Å². The smallest absolute Gasteiger partial charge is 0.258 e. The first kappa shape index (κ1) is 8.13. The van der Waals surface area contributed by atoms with E-state index in [1.165, 1.54) is 11.2 Å². The lowest BCUT2D eigenvalue weighted by Crippen LogP contribution is -2.45. The van der Waals surface area contributed by atoms with Crippen molar-refractivity contribution in [3.63, 3.8) is 0 Å². The van der Waals surface area contributed by atoms with E-state index in [-0.39, 0.29) is 5.91 Å². The van der Waals surface area contributed by atoms with Crippen molar-refractivity contribution in [3.05, 3.63) is 12.7 Å². The van der Waals surface area contributed by atoms with Crippen LogP contribution in [0.5, 0.6) is 0 Å². The molecule has 1 amide bonds. The Morgan fingerprint density at radius 1 is 1.78 bits per heavy atom. The van der Waals surface area contributed by atoms with E-state index in [9.17, 15) is 4.79 Å². The zero-order chi connectivity index (χ0) is 7.28. The van der Waals surface area contributed by atoms with E-state index >= 15 is 0 Å². The molecule has 0 aliphatic rings. The summed E-state index contributed by atoms with van der Waals surface area (Å²) in [6, 6.07) is 0. The molecular weight excluding hydrogens is 118 g/mol. The second-order valence-corrected chi connectivity index (χ2v) is 1.46. The molecule has 0 rings (SSSR count). The summed E-state index contributed by atoms with van der Waals surface area (Å²) in [6.45, 7) is 3.28. The van der Waals surface area contributed by atoms with Gasteiger partial charge in [-0.3, -0.25) is 10.2 Å². The fourth-order valence-corrected chi connectivity index (χ4v) is 0.267. The zero-order valence-electron chi connectivity index (χ0n) is 5.64. The Balaban J connectivity index is 3.46. The van der Waals surface area contributed by atoms with E-state index in [4.69, 9.17) is 0 Å². The molecule has 4 nitrogen and oxygen atoms in total. The minimum absolute atomic E-state index is 0.230. The van der Waals surface area contributed by atoms with Gasteiger partial charge < -0.3 is 0 Å². The van der Waals surface area contributed by atoms with Crippen molar-refractivity contribution in [1.29, 1.82) is 0 Å². The second-order valence-electron chi connectivity index (χ2n) is 1.46. The Kier molecular flexibility index (Phi) is 3.66. The van der Waals surface area contributed by atoms with E-state index in [0.29, 0.717) is 0 Å². The van der Waals surface area contributed by atoms with Crippen molar-refractivity contribution in [2.24, 2.45) is 0 Å². The molecule has 0 heterocycles. The Morgan fingerprint density at radius 2 is 2.33 bits per heavy atom. The normalized spacial score (nSPS) is 9.22. The van der Waals surface area contributed by atoms with Gasteiger partial charge in [-0.1, -0.05) is 6.58 Å². The number of carbonyl (C=O) groups is 1. The second kappa shape index (κ2) is 4.05. The number of hydrogen-bond donors (Lipinski definition) is 2. The van der Waals surface area contributed by atoms with Crippen LogP contribution >= 0.6 is 0 Å². The summed E-state index contributed by atoms with van der Waals surface area (Å²) in [5.41, 5.74) is 5.13. The molecular formula is C5H11N3O. The summed E-state index contributed by atoms with van der Waals surface area (Å²) in [7, 11) is 3.38. The van der Waals surface area contributed by atoms with Gasteiger partial charge >= 0.3 is 0 Å². The number of carbonyl (C=O) groups excluding carboxylic acids is 1. The van der Waals surface area contributed by atoms with Crippen LogP contribution in [0.15, 0.2) is 12.7 Å². The molecule has 2 N–H and O–H groups in total. The van der Waals surface area contributed by atoms with Gasteiger partial charge in [0.25, 0.3) is 5.91 Å². The SMILES string of the molecule is C=CC(=O)NN(C)NC. The van der Waals surface area contributed by atoms with Crippen molar-refractivity contribution < 1.29 is 4.79 Å². The van der Waals surface area contributed by atoms with Crippen LogP contribution in [-0.2, 0) is 4.79 Å². The molecule has 0 fully saturated rings. The Bertz CT molecular complexity index is 113. The summed E-state index contributed by atoms with van der Waals surface area (Å²) in [4.78, 5) is 10.5. The summed E-state index contributed by atoms with van der Waals surface area (Å²) < 4.78 is 0. The highest BCUT2D eigenvalue weighted by Crippen LogP contribution is 1.66. The summed E-state index contributed by atoms with van der Waals surface area (Å²) in [5, 5.41) is 1.43. The Hall–Kier alpha value is -0.870. The first-order chi connectivity index (χ1) is 4.20. The largest absolute Gasteiger partial charge is 0.272 e. The van der Waals surface area contributed by atoms with E-state index in [1.54, 1.807) is 14.1 Å². The van der Waals surface area contributed by atoms with E-state index < -0.39 is 0 Å². The lowest BCUT2D eigenvalue weighted by Gasteiger charge is -2.13. The maximum atomic E-state index is 10.5. The third-order valence-corrected chi connectivity index (χ3v) is 0.799. The molecule has 0 radical (unpaired) electrons. The van der Waals surface area contributed by atoms with Crippen molar-refractivity contribution in [1.82, 2.24) is 16.0 Å². The van der Waals surface area contributed by atoms with Crippen molar-refractivity contribution in [2.75, 3.05) is 14.1 Å². The van der Waals surface area contributed by atoms with Gasteiger partial charge in [-0.05, 0) is 6.08 Å². The van der Waals surface area contributed by atoms with Crippen LogP contribution in [0.25, 0.3) is 0 Å². The molecule has 52 valence electrons. The van der Waals surface area contributed by atoms with Crippen LogP contribution < -0.4 is 10.9 Å². The van der Waals surface area contributed by atoms with Crippen LogP contribution in [0.1, 0.15) is 0 Å². The molecule has 0 aromatic rings. The first-order valence-corrected chi connectivity index (χ1v) is 2.55. The van der Waals surface area contributed by atoms with Gasteiger partial charge in [0.15, 0.2) is 0 Å². The highest BCUT2D eigenvalue weighted by atomic mass is 16.2. The van der Waals surface area contributed by atoms with Crippen molar-refractivity contribution in [2.45, 2.75) is 0 Å². The number of amides is 1. The van der Waals surface area contributed by atoms with Gasteiger partial charge in [0.2, 0.25) is 0 Å². The maximum Gasteiger partial charge on any atom is 0.258 e. The summed E-state index contributed by atoms with van der Waals surface area (Å²) in [5.74, 6) is -0.230. The van der Waals surface area contributed by atoms with Crippen LogP contribution in [0, 0.1) is 0 Å². The first-order valence-electron chi connectivity index (χ1n) is 2.55. The zero-order valence-corrected chi connectivity index (χ0v) is 5.64. The molecule has 0 aromatic heterocycles. The topological polar surface area (TPSA) is 44.4 Å². The molecule has 0 aliphatic carbocycles. The number of hydrazine groups is 2. The summed E-state index contributed by atoms with van der Waals surface area (Å²) >= 11 is 0. The number of nitrogens with zero attached hydrogens (tertiary/aromatic N) is 1. The van der Waals surface area contributed by atoms with E-state index in [1.807, 2.05) is 0 Å². The molecule has 0 spiro atoms. The van der Waals surface area contributed by atoms with Crippen molar-refractivity contribution >= 4 is 5.91 Å². The van der Waals surface area contributed by atoms with Gasteiger partial charge in [0, 0.05) is 14.1 Å². The quantitative estimate of drug-likeness (QED) is 0.390. The third-order valence-electron chi connectivity index (χ3n) is 0.799. The Morgan fingerprint density at radius 3 is 2.67 bits per heavy atom. The molecule has 4 heteroatoms. The average Bonchev–Trinajstić information content (AvgIpc) is 1.87.